The highest BCUT2D eigenvalue weighted by Crippen LogP contribution is 2.39. The van der Waals surface area contributed by atoms with Crippen LogP contribution < -0.4 is 4.74 Å². The molecule has 0 bridgehead atoms. The monoisotopic (exact) mass is 400 g/mol. The molecule has 0 spiro atoms. The molecule has 154 valence electrons. The van der Waals surface area contributed by atoms with Crippen LogP contribution in [0.5, 0.6) is 5.75 Å². The summed E-state index contributed by atoms with van der Waals surface area (Å²) in [5, 5.41) is 9.75. The fourth-order valence-electron chi connectivity index (χ4n) is 4.39. The largest absolute Gasteiger partial charge is 0.488 e. The Kier molecular flexibility index (Phi) is 6.18. The number of hydrogen-bond acceptors (Lipinski definition) is 2. The first-order chi connectivity index (χ1) is 14.7. The molecule has 1 aliphatic rings. The van der Waals surface area contributed by atoms with E-state index in [1.54, 1.807) is 6.07 Å². The average Bonchev–Trinajstić information content (AvgIpc) is 2.78. The number of aryl methyl sites for hydroxylation is 2. The van der Waals surface area contributed by atoms with Crippen LogP contribution in [0.3, 0.4) is 0 Å². The molecular formula is C27H28O3. The first-order valence-corrected chi connectivity index (χ1v) is 10.9. The molecule has 3 heteroatoms. The molecule has 30 heavy (non-hydrogen) atoms. The quantitative estimate of drug-likeness (QED) is 0.495. The normalized spacial score (nSPS) is 13.0. The minimum absolute atomic E-state index is 0.390. The lowest BCUT2D eigenvalue weighted by Crippen LogP contribution is -2.08. The molecule has 4 rings (SSSR count). The summed E-state index contributed by atoms with van der Waals surface area (Å²) in [5.41, 5.74) is 7.13. The van der Waals surface area contributed by atoms with E-state index in [2.05, 4.69) is 31.2 Å². The summed E-state index contributed by atoms with van der Waals surface area (Å²) in [6.45, 7) is 2.58. The number of benzene rings is 3. The van der Waals surface area contributed by atoms with E-state index in [0.717, 1.165) is 53.7 Å². The van der Waals surface area contributed by atoms with Crippen molar-refractivity contribution < 1.29 is 14.6 Å². The van der Waals surface area contributed by atoms with Gasteiger partial charge >= 0.3 is 5.97 Å². The molecule has 0 amide bonds. The number of ether oxygens (including phenoxy) is 1. The van der Waals surface area contributed by atoms with Crippen molar-refractivity contribution in [3.8, 4) is 16.9 Å². The van der Waals surface area contributed by atoms with E-state index >= 15 is 0 Å². The molecule has 3 aromatic rings. The molecule has 1 N–H and O–H groups in total. The number of rotatable bonds is 7. The van der Waals surface area contributed by atoms with Crippen molar-refractivity contribution in [2.45, 2.75) is 52.1 Å². The third-order valence-corrected chi connectivity index (χ3v) is 5.88. The number of carbonyl (C=O) groups is 1. The van der Waals surface area contributed by atoms with E-state index in [4.69, 9.17) is 4.74 Å². The molecule has 1 aliphatic carbocycles. The number of carboxylic acid groups (broad SMARTS) is 1. The maximum absolute atomic E-state index is 11.9. The minimum atomic E-state index is -0.870. The molecular weight excluding hydrogens is 372 g/mol. The SMILES string of the molecule is CCCc1c(C(=O)O)cccc1-c1cc2c(cc1OCc1ccccc1)CCCC2. The summed E-state index contributed by atoms with van der Waals surface area (Å²) in [4.78, 5) is 11.9. The molecule has 0 aromatic heterocycles. The van der Waals surface area contributed by atoms with Gasteiger partial charge in [0.05, 0.1) is 5.56 Å². The molecule has 0 fully saturated rings. The fraction of sp³-hybridized carbons (Fsp3) is 0.296. The summed E-state index contributed by atoms with van der Waals surface area (Å²) in [6.07, 6.45) is 6.18. The number of hydrogen-bond donors (Lipinski definition) is 1. The molecule has 0 heterocycles. The molecule has 0 unspecified atom stereocenters. The molecule has 0 saturated carbocycles. The van der Waals surface area contributed by atoms with Gasteiger partial charge in [-0.05, 0) is 78.1 Å². The highest BCUT2D eigenvalue weighted by molar-refractivity contribution is 5.93. The lowest BCUT2D eigenvalue weighted by Gasteiger charge is -2.22. The van der Waals surface area contributed by atoms with Crippen LogP contribution in [0.1, 0.15) is 58.8 Å². The van der Waals surface area contributed by atoms with Gasteiger partial charge in [0.1, 0.15) is 12.4 Å². The van der Waals surface area contributed by atoms with Gasteiger partial charge in [-0.15, -0.1) is 0 Å². The van der Waals surface area contributed by atoms with Gasteiger partial charge < -0.3 is 9.84 Å². The predicted molar refractivity (Wildman–Crippen MR) is 120 cm³/mol. The predicted octanol–water partition coefficient (Wildman–Crippen LogP) is 6.46. The Morgan fingerprint density at radius 3 is 2.37 bits per heavy atom. The molecule has 3 aromatic carbocycles. The number of carboxylic acids is 1. The van der Waals surface area contributed by atoms with E-state index < -0.39 is 5.97 Å². The van der Waals surface area contributed by atoms with Crippen molar-refractivity contribution in [3.05, 3.63) is 88.5 Å². The minimum Gasteiger partial charge on any atom is -0.488 e. The van der Waals surface area contributed by atoms with E-state index in [-0.39, 0.29) is 0 Å². The molecule has 0 atom stereocenters. The maximum atomic E-state index is 11.9. The van der Waals surface area contributed by atoms with Crippen molar-refractivity contribution in [1.29, 1.82) is 0 Å². The smallest absolute Gasteiger partial charge is 0.335 e. The van der Waals surface area contributed by atoms with E-state index in [1.807, 2.05) is 30.3 Å². The standard InChI is InChI=1S/C27H28O3/c1-2-9-22-23(14-8-15-24(22)27(28)29)25-16-20-12-6-7-13-21(20)17-26(25)30-18-19-10-4-3-5-11-19/h3-5,8,10-11,14-17H,2,6-7,9,12-13,18H2,1H3,(H,28,29). The summed E-state index contributed by atoms with van der Waals surface area (Å²) < 4.78 is 6.33. The van der Waals surface area contributed by atoms with Gasteiger partial charge in [0.25, 0.3) is 0 Å². The highest BCUT2D eigenvalue weighted by Gasteiger charge is 2.20. The highest BCUT2D eigenvalue weighted by atomic mass is 16.5. The third kappa shape index (κ3) is 4.25. The van der Waals surface area contributed by atoms with Crippen LogP contribution in [0.4, 0.5) is 0 Å². The van der Waals surface area contributed by atoms with Crippen molar-refractivity contribution in [3.63, 3.8) is 0 Å². The van der Waals surface area contributed by atoms with Crippen molar-refractivity contribution in [2.75, 3.05) is 0 Å². The molecule has 0 saturated heterocycles. The van der Waals surface area contributed by atoms with Gasteiger partial charge in [-0.1, -0.05) is 55.8 Å². The second kappa shape index (κ2) is 9.17. The maximum Gasteiger partial charge on any atom is 0.335 e. The van der Waals surface area contributed by atoms with Crippen LogP contribution in [0.25, 0.3) is 11.1 Å². The number of aromatic carboxylic acids is 1. The molecule has 0 radical (unpaired) electrons. The van der Waals surface area contributed by atoms with Gasteiger partial charge in [0, 0.05) is 5.56 Å². The zero-order valence-electron chi connectivity index (χ0n) is 17.5. The van der Waals surface area contributed by atoms with Crippen LogP contribution in [0, 0.1) is 0 Å². The van der Waals surface area contributed by atoms with Crippen LogP contribution in [0.2, 0.25) is 0 Å². The van der Waals surface area contributed by atoms with Gasteiger partial charge in [0.2, 0.25) is 0 Å². The average molecular weight is 401 g/mol. The first-order valence-electron chi connectivity index (χ1n) is 10.9. The molecule has 3 nitrogen and oxygen atoms in total. The number of fused-ring (bicyclic) bond motifs is 1. The Bertz CT molecular complexity index is 1040. The first kappa shape index (κ1) is 20.2. The van der Waals surface area contributed by atoms with Gasteiger partial charge in [-0.25, -0.2) is 4.79 Å². The van der Waals surface area contributed by atoms with Gasteiger partial charge in [-0.3, -0.25) is 0 Å². The van der Waals surface area contributed by atoms with Crippen LogP contribution in [-0.4, -0.2) is 11.1 Å². The lowest BCUT2D eigenvalue weighted by atomic mass is 9.86. The Labute approximate surface area is 178 Å². The van der Waals surface area contributed by atoms with Crippen molar-refractivity contribution in [1.82, 2.24) is 0 Å². The summed E-state index contributed by atoms with van der Waals surface area (Å²) in [7, 11) is 0. The summed E-state index contributed by atoms with van der Waals surface area (Å²) in [5.74, 6) is -0.0237. The second-order valence-corrected chi connectivity index (χ2v) is 7.99. The zero-order valence-corrected chi connectivity index (χ0v) is 17.5. The zero-order chi connectivity index (χ0) is 20.9. The van der Waals surface area contributed by atoms with Gasteiger partial charge in [0.15, 0.2) is 0 Å². The third-order valence-electron chi connectivity index (χ3n) is 5.88. The Morgan fingerprint density at radius 1 is 0.933 bits per heavy atom. The Morgan fingerprint density at radius 2 is 1.67 bits per heavy atom. The van der Waals surface area contributed by atoms with Crippen LogP contribution in [-0.2, 0) is 25.9 Å². The van der Waals surface area contributed by atoms with Gasteiger partial charge in [-0.2, -0.15) is 0 Å². The van der Waals surface area contributed by atoms with E-state index in [1.165, 1.54) is 24.0 Å². The van der Waals surface area contributed by atoms with E-state index in [0.29, 0.717) is 12.2 Å². The summed E-state index contributed by atoms with van der Waals surface area (Å²) >= 11 is 0. The van der Waals surface area contributed by atoms with Crippen LogP contribution in [0.15, 0.2) is 60.7 Å². The summed E-state index contributed by atoms with van der Waals surface area (Å²) in [6, 6.07) is 20.2. The van der Waals surface area contributed by atoms with Crippen LogP contribution >= 0.6 is 0 Å². The molecule has 0 aliphatic heterocycles. The van der Waals surface area contributed by atoms with E-state index in [9.17, 15) is 9.90 Å². The Hall–Kier alpha value is -3.07. The van der Waals surface area contributed by atoms with Crippen molar-refractivity contribution in [2.24, 2.45) is 0 Å². The topological polar surface area (TPSA) is 46.5 Å². The van der Waals surface area contributed by atoms with Crippen molar-refractivity contribution >= 4 is 5.97 Å². The Balaban J connectivity index is 1.82. The lowest BCUT2D eigenvalue weighted by molar-refractivity contribution is 0.0695. The fourth-order valence-corrected chi connectivity index (χ4v) is 4.39. The second-order valence-electron chi connectivity index (χ2n) is 7.99.